The van der Waals surface area contributed by atoms with Gasteiger partial charge in [0.15, 0.2) is 0 Å². The number of thioether (sulfide) groups is 1. The van der Waals surface area contributed by atoms with E-state index >= 15 is 0 Å². The largest absolute Gasteiger partial charge is 0.393 e. The Kier molecular flexibility index (Phi) is 4.32. The molecule has 3 rings (SSSR count). The Balaban J connectivity index is 1.58. The fraction of sp³-hybridized carbons (Fsp3) is 0.562. The van der Waals surface area contributed by atoms with Crippen molar-refractivity contribution in [3.63, 3.8) is 0 Å². The fourth-order valence-electron chi connectivity index (χ4n) is 3.16. The molecule has 0 radical (unpaired) electrons. The van der Waals surface area contributed by atoms with Crippen LogP contribution < -0.4 is 5.32 Å². The van der Waals surface area contributed by atoms with Gasteiger partial charge in [-0.3, -0.25) is 4.79 Å². The van der Waals surface area contributed by atoms with Crippen molar-refractivity contribution < 1.29 is 9.90 Å². The molecule has 3 nitrogen and oxygen atoms in total. The fourth-order valence-corrected chi connectivity index (χ4v) is 4.39. The summed E-state index contributed by atoms with van der Waals surface area (Å²) >= 11 is 1.76. The van der Waals surface area contributed by atoms with Crippen molar-refractivity contribution >= 4 is 17.7 Å². The van der Waals surface area contributed by atoms with Gasteiger partial charge in [-0.05, 0) is 24.5 Å². The minimum absolute atomic E-state index is 0.0306. The topological polar surface area (TPSA) is 49.3 Å². The maximum Gasteiger partial charge on any atom is 0.228 e. The molecule has 1 amide bonds. The summed E-state index contributed by atoms with van der Waals surface area (Å²) in [5.74, 6) is 1.15. The van der Waals surface area contributed by atoms with E-state index in [1.54, 1.807) is 11.8 Å². The lowest BCUT2D eigenvalue weighted by Crippen LogP contribution is -2.38. The predicted molar refractivity (Wildman–Crippen MR) is 80.9 cm³/mol. The van der Waals surface area contributed by atoms with Crippen LogP contribution >= 0.6 is 11.8 Å². The molecule has 2 aliphatic rings. The second-order valence-corrected chi connectivity index (χ2v) is 6.82. The van der Waals surface area contributed by atoms with E-state index in [-0.39, 0.29) is 23.8 Å². The third kappa shape index (κ3) is 2.86. The molecule has 1 aromatic rings. The monoisotopic (exact) mass is 291 g/mol. The van der Waals surface area contributed by atoms with Crippen molar-refractivity contribution in [2.24, 2.45) is 5.92 Å². The van der Waals surface area contributed by atoms with Crippen molar-refractivity contribution in [1.82, 2.24) is 5.32 Å². The van der Waals surface area contributed by atoms with Crippen molar-refractivity contribution in [3.8, 4) is 0 Å². The molecule has 2 N–H and O–H groups in total. The van der Waals surface area contributed by atoms with E-state index in [1.165, 1.54) is 11.3 Å². The first kappa shape index (κ1) is 14.0. The molecule has 0 saturated heterocycles. The van der Waals surface area contributed by atoms with Gasteiger partial charge in [0.05, 0.1) is 12.0 Å². The Bertz CT molecular complexity index is 491. The number of nitrogens with one attached hydrogen (secondary N) is 1. The zero-order valence-corrected chi connectivity index (χ0v) is 12.4. The van der Waals surface area contributed by atoms with Crippen molar-refractivity contribution in [2.75, 3.05) is 12.3 Å². The number of carbonyl (C=O) groups excluding carboxylic acids is 1. The summed E-state index contributed by atoms with van der Waals surface area (Å²) in [7, 11) is 0. The van der Waals surface area contributed by atoms with Crippen LogP contribution in [0.5, 0.6) is 0 Å². The highest BCUT2D eigenvalue weighted by atomic mass is 32.2. The summed E-state index contributed by atoms with van der Waals surface area (Å²) in [6, 6.07) is 8.15. The van der Waals surface area contributed by atoms with Gasteiger partial charge in [0, 0.05) is 23.1 Å². The van der Waals surface area contributed by atoms with E-state index in [9.17, 15) is 9.90 Å². The van der Waals surface area contributed by atoms with Gasteiger partial charge in [-0.2, -0.15) is 0 Å². The Morgan fingerprint density at radius 3 is 2.95 bits per heavy atom. The highest BCUT2D eigenvalue weighted by molar-refractivity contribution is 7.99. The van der Waals surface area contributed by atoms with E-state index in [2.05, 4.69) is 17.4 Å². The third-order valence-corrected chi connectivity index (χ3v) is 5.61. The highest BCUT2D eigenvalue weighted by Gasteiger charge is 2.30. The van der Waals surface area contributed by atoms with Gasteiger partial charge in [-0.15, -0.1) is 11.8 Å². The molecule has 0 spiro atoms. The molecule has 1 heterocycles. The lowest BCUT2D eigenvalue weighted by molar-refractivity contribution is -0.122. The average Bonchev–Trinajstić information content (AvgIpc) is 2.90. The Morgan fingerprint density at radius 2 is 2.10 bits per heavy atom. The molecule has 1 saturated carbocycles. The van der Waals surface area contributed by atoms with Gasteiger partial charge in [0.2, 0.25) is 5.91 Å². The van der Waals surface area contributed by atoms with E-state index in [4.69, 9.17) is 0 Å². The minimum Gasteiger partial charge on any atom is -0.393 e. The summed E-state index contributed by atoms with van der Waals surface area (Å²) in [6.07, 6.45) is 3.94. The summed E-state index contributed by atoms with van der Waals surface area (Å²) in [4.78, 5) is 13.6. The number of aliphatic hydroxyl groups excluding tert-OH is 1. The molecular weight excluding hydrogens is 270 g/mol. The number of benzene rings is 1. The predicted octanol–water partition coefficient (Wildman–Crippen LogP) is 2.54. The van der Waals surface area contributed by atoms with Gasteiger partial charge in [0.25, 0.3) is 0 Å². The maximum atomic E-state index is 12.4. The van der Waals surface area contributed by atoms with Crippen molar-refractivity contribution in [2.45, 2.75) is 42.6 Å². The zero-order valence-electron chi connectivity index (χ0n) is 11.5. The number of amides is 1. The molecule has 20 heavy (non-hydrogen) atoms. The molecule has 1 aromatic carbocycles. The van der Waals surface area contributed by atoms with Crippen LogP contribution in [0.3, 0.4) is 0 Å². The second-order valence-electron chi connectivity index (χ2n) is 5.76. The number of rotatable bonds is 3. The first-order valence-corrected chi connectivity index (χ1v) is 8.42. The van der Waals surface area contributed by atoms with E-state index in [0.717, 1.165) is 30.6 Å². The normalized spacial score (nSPS) is 28.9. The number of carbonyl (C=O) groups is 1. The van der Waals surface area contributed by atoms with Crippen LogP contribution in [0.25, 0.3) is 0 Å². The van der Waals surface area contributed by atoms with Crippen molar-refractivity contribution in [3.05, 3.63) is 29.8 Å². The highest BCUT2D eigenvalue weighted by Crippen LogP contribution is 2.39. The molecule has 4 heteroatoms. The smallest absolute Gasteiger partial charge is 0.228 e. The van der Waals surface area contributed by atoms with E-state index < -0.39 is 0 Å². The molecule has 108 valence electrons. The summed E-state index contributed by atoms with van der Waals surface area (Å²) in [6.45, 7) is 0.614. The Labute approximate surface area is 124 Å². The minimum atomic E-state index is -0.241. The summed E-state index contributed by atoms with van der Waals surface area (Å²) in [5.41, 5.74) is 1.15. The Hall–Kier alpha value is -1.00. The van der Waals surface area contributed by atoms with Crippen LogP contribution in [0.4, 0.5) is 0 Å². The lowest BCUT2D eigenvalue weighted by Gasteiger charge is -2.28. The molecule has 3 atom stereocenters. The molecule has 3 unspecified atom stereocenters. The SMILES string of the molecule is O=C(NCC1CCCCC1O)C1CSc2ccccc21. The standard InChI is InChI=1S/C16H21NO2S/c18-14-7-3-1-5-11(14)9-17-16(19)13-10-20-15-8-4-2-6-12(13)15/h2,4,6,8,11,13-14,18H,1,3,5,7,9-10H2,(H,17,19). The van der Waals surface area contributed by atoms with Gasteiger partial charge >= 0.3 is 0 Å². The first-order chi connectivity index (χ1) is 9.75. The third-order valence-electron chi connectivity index (χ3n) is 4.42. The van der Waals surface area contributed by atoms with E-state index in [0.29, 0.717) is 6.54 Å². The molecule has 0 bridgehead atoms. The Morgan fingerprint density at radius 1 is 1.30 bits per heavy atom. The van der Waals surface area contributed by atoms with Crippen LogP contribution in [0.2, 0.25) is 0 Å². The van der Waals surface area contributed by atoms with Gasteiger partial charge in [0.1, 0.15) is 0 Å². The molecular formula is C16H21NO2S. The summed E-state index contributed by atoms with van der Waals surface area (Å²) in [5, 5.41) is 13.0. The molecule has 1 aliphatic carbocycles. The average molecular weight is 291 g/mol. The van der Waals surface area contributed by atoms with Crippen LogP contribution in [-0.2, 0) is 4.79 Å². The van der Waals surface area contributed by atoms with Crippen LogP contribution in [0.15, 0.2) is 29.2 Å². The summed E-state index contributed by atoms with van der Waals surface area (Å²) < 4.78 is 0. The van der Waals surface area contributed by atoms with Crippen molar-refractivity contribution in [1.29, 1.82) is 0 Å². The van der Waals surface area contributed by atoms with E-state index in [1.807, 2.05) is 12.1 Å². The lowest BCUT2D eigenvalue weighted by atomic mass is 9.86. The van der Waals surface area contributed by atoms with Gasteiger partial charge in [-0.1, -0.05) is 31.0 Å². The number of hydrogen-bond donors (Lipinski definition) is 2. The van der Waals surface area contributed by atoms with Crippen LogP contribution in [-0.4, -0.2) is 29.4 Å². The van der Waals surface area contributed by atoms with Crippen LogP contribution in [0.1, 0.15) is 37.2 Å². The van der Waals surface area contributed by atoms with Gasteiger partial charge < -0.3 is 10.4 Å². The second kappa shape index (κ2) is 6.19. The van der Waals surface area contributed by atoms with Gasteiger partial charge in [-0.25, -0.2) is 0 Å². The zero-order chi connectivity index (χ0) is 13.9. The number of aliphatic hydroxyl groups is 1. The number of fused-ring (bicyclic) bond motifs is 1. The quantitative estimate of drug-likeness (QED) is 0.900. The molecule has 1 fully saturated rings. The maximum absolute atomic E-state index is 12.4. The van der Waals surface area contributed by atoms with Crippen LogP contribution in [0, 0.1) is 5.92 Å². The first-order valence-electron chi connectivity index (χ1n) is 7.43. The molecule has 1 aliphatic heterocycles. The molecule has 0 aromatic heterocycles. The number of hydrogen-bond acceptors (Lipinski definition) is 3.